The Balaban J connectivity index is 2.44. The smallest absolute Gasteiger partial charge is 0.239 e. The van der Waals surface area contributed by atoms with Crippen LogP contribution >= 0.6 is 0 Å². The van der Waals surface area contributed by atoms with Crippen molar-refractivity contribution in [2.45, 2.75) is 57.7 Å². The zero-order valence-electron chi connectivity index (χ0n) is 9.88. The lowest BCUT2D eigenvalue weighted by Crippen LogP contribution is -2.57. The van der Waals surface area contributed by atoms with Gasteiger partial charge in [-0.25, -0.2) is 0 Å². The third-order valence-electron chi connectivity index (χ3n) is 2.88. The molecule has 2 unspecified atom stereocenters. The summed E-state index contributed by atoms with van der Waals surface area (Å²) in [6, 6.07) is 0.447. The van der Waals surface area contributed by atoms with Crippen LogP contribution in [-0.4, -0.2) is 30.2 Å². The minimum Gasteiger partial charge on any atom is -0.376 e. The molecule has 0 aromatic heterocycles. The number of nitrogens with two attached hydrogens (primary N) is 1. The molecule has 1 aliphatic rings. The molecule has 0 aromatic rings. The Morgan fingerprint density at radius 1 is 1.67 bits per heavy atom. The van der Waals surface area contributed by atoms with Gasteiger partial charge >= 0.3 is 0 Å². The molecule has 0 radical (unpaired) electrons. The fourth-order valence-electron chi connectivity index (χ4n) is 1.29. The molecule has 88 valence electrons. The molecule has 1 fully saturated rings. The molecular weight excluding hydrogens is 192 g/mol. The van der Waals surface area contributed by atoms with Crippen molar-refractivity contribution in [3.8, 4) is 0 Å². The first-order chi connectivity index (χ1) is 6.98. The van der Waals surface area contributed by atoms with Crippen LogP contribution in [0.4, 0.5) is 0 Å². The Hall–Kier alpha value is -0.610. The largest absolute Gasteiger partial charge is 0.376 e. The standard InChI is InChI=1S/C11H22N2O2/c1-4-8(2)15-7-11(3,10(12)14)13-9-5-6-9/h8-9,13H,4-7H2,1-3H3,(H2,12,14). The van der Waals surface area contributed by atoms with Gasteiger partial charge in [-0.1, -0.05) is 6.92 Å². The van der Waals surface area contributed by atoms with Crippen LogP contribution < -0.4 is 11.1 Å². The van der Waals surface area contributed by atoms with Crippen molar-refractivity contribution >= 4 is 5.91 Å². The molecule has 1 rings (SSSR count). The molecule has 0 bridgehead atoms. The highest BCUT2D eigenvalue weighted by molar-refractivity contribution is 5.84. The lowest BCUT2D eigenvalue weighted by molar-refractivity contribution is -0.127. The molecular formula is C11H22N2O2. The van der Waals surface area contributed by atoms with E-state index in [4.69, 9.17) is 10.5 Å². The van der Waals surface area contributed by atoms with Gasteiger partial charge in [0.1, 0.15) is 5.54 Å². The lowest BCUT2D eigenvalue weighted by Gasteiger charge is -2.28. The van der Waals surface area contributed by atoms with E-state index in [1.807, 2.05) is 13.8 Å². The van der Waals surface area contributed by atoms with Gasteiger partial charge in [0, 0.05) is 6.04 Å². The van der Waals surface area contributed by atoms with Crippen LogP contribution in [0.2, 0.25) is 0 Å². The number of rotatable bonds is 7. The molecule has 0 spiro atoms. The summed E-state index contributed by atoms with van der Waals surface area (Å²) in [5.74, 6) is -0.335. The molecule has 15 heavy (non-hydrogen) atoms. The van der Waals surface area contributed by atoms with Crippen molar-refractivity contribution in [3.63, 3.8) is 0 Å². The van der Waals surface area contributed by atoms with Gasteiger partial charge in [0.15, 0.2) is 0 Å². The number of primary amides is 1. The molecule has 1 aliphatic carbocycles. The predicted octanol–water partition coefficient (Wildman–Crippen LogP) is 0.798. The number of hydrogen-bond donors (Lipinski definition) is 2. The fraction of sp³-hybridized carbons (Fsp3) is 0.909. The normalized spacial score (nSPS) is 22.1. The Bertz CT molecular complexity index is 229. The Kier molecular flexibility index (Phi) is 4.11. The van der Waals surface area contributed by atoms with Gasteiger partial charge in [-0.3, -0.25) is 10.1 Å². The molecule has 4 nitrogen and oxygen atoms in total. The van der Waals surface area contributed by atoms with E-state index in [2.05, 4.69) is 12.2 Å². The van der Waals surface area contributed by atoms with E-state index in [9.17, 15) is 4.79 Å². The van der Waals surface area contributed by atoms with Crippen molar-refractivity contribution in [3.05, 3.63) is 0 Å². The molecule has 0 heterocycles. The number of nitrogens with one attached hydrogen (secondary N) is 1. The van der Waals surface area contributed by atoms with Gasteiger partial charge in [-0.15, -0.1) is 0 Å². The maximum Gasteiger partial charge on any atom is 0.239 e. The zero-order valence-corrected chi connectivity index (χ0v) is 9.88. The van der Waals surface area contributed by atoms with E-state index in [1.165, 1.54) is 0 Å². The minimum atomic E-state index is -0.718. The maximum absolute atomic E-state index is 11.4. The van der Waals surface area contributed by atoms with E-state index in [-0.39, 0.29) is 12.0 Å². The number of ether oxygens (including phenoxy) is 1. The minimum absolute atomic E-state index is 0.171. The molecule has 0 saturated heterocycles. The van der Waals surface area contributed by atoms with Crippen LogP contribution in [-0.2, 0) is 9.53 Å². The van der Waals surface area contributed by atoms with Gasteiger partial charge < -0.3 is 10.5 Å². The predicted molar refractivity (Wildman–Crippen MR) is 59.5 cm³/mol. The molecule has 0 aromatic carbocycles. The summed E-state index contributed by atoms with van der Waals surface area (Å²) in [5.41, 5.74) is 4.68. The molecule has 2 atom stereocenters. The quantitative estimate of drug-likeness (QED) is 0.659. The Morgan fingerprint density at radius 3 is 2.67 bits per heavy atom. The van der Waals surface area contributed by atoms with Gasteiger partial charge in [-0.2, -0.15) is 0 Å². The van der Waals surface area contributed by atoms with Gasteiger partial charge in [0.25, 0.3) is 0 Å². The second-order valence-corrected chi connectivity index (χ2v) is 4.64. The first kappa shape index (κ1) is 12.5. The highest BCUT2D eigenvalue weighted by Gasteiger charge is 2.37. The highest BCUT2D eigenvalue weighted by Crippen LogP contribution is 2.22. The monoisotopic (exact) mass is 214 g/mol. The number of amides is 1. The lowest BCUT2D eigenvalue weighted by atomic mass is 10.0. The van der Waals surface area contributed by atoms with Crippen LogP contribution in [0.5, 0.6) is 0 Å². The molecule has 1 amide bonds. The second kappa shape index (κ2) is 4.94. The van der Waals surface area contributed by atoms with E-state index in [1.54, 1.807) is 0 Å². The summed E-state index contributed by atoms with van der Waals surface area (Å²) in [6.45, 7) is 6.23. The van der Waals surface area contributed by atoms with Gasteiger partial charge in [0.05, 0.1) is 12.7 Å². The molecule has 1 saturated carbocycles. The Labute approximate surface area is 91.5 Å². The van der Waals surface area contributed by atoms with Crippen LogP contribution in [0.1, 0.15) is 40.0 Å². The summed E-state index contributed by atoms with van der Waals surface area (Å²) in [6.07, 6.45) is 3.38. The van der Waals surface area contributed by atoms with Crippen molar-refractivity contribution in [2.75, 3.05) is 6.61 Å². The highest BCUT2D eigenvalue weighted by atomic mass is 16.5. The van der Waals surface area contributed by atoms with E-state index in [0.717, 1.165) is 19.3 Å². The third-order valence-corrected chi connectivity index (χ3v) is 2.88. The van der Waals surface area contributed by atoms with Crippen molar-refractivity contribution in [2.24, 2.45) is 5.73 Å². The van der Waals surface area contributed by atoms with Gasteiger partial charge in [0.2, 0.25) is 5.91 Å². The summed E-state index contributed by atoms with van der Waals surface area (Å²) in [5, 5.41) is 3.25. The van der Waals surface area contributed by atoms with E-state index < -0.39 is 5.54 Å². The third kappa shape index (κ3) is 3.80. The SMILES string of the molecule is CCC(C)OCC(C)(NC1CC1)C(N)=O. The fourth-order valence-corrected chi connectivity index (χ4v) is 1.29. The number of hydrogen-bond acceptors (Lipinski definition) is 3. The van der Waals surface area contributed by atoms with Crippen LogP contribution in [0, 0.1) is 0 Å². The average Bonchev–Trinajstić information content (AvgIpc) is 2.97. The van der Waals surface area contributed by atoms with E-state index in [0.29, 0.717) is 12.6 Å². The summed E-state index contributed by atoms with van der Waals surface area (Å²) in [4.78, 5) is 11.4. The number of carbonyl (C=O) groups is 1. The van der Waals surface area contributed by atoms with Crippen molar-refractivity contribution in [1.29, 1.82) is 0 Å². The van der Waals surface area contributed by atoms with E-state index >= 15 is 0 Å². The van der Waals surface area contributed by atoms with Crippen molar-refractivity contribution in [1.82, 2.24) is 5.32 Å². The van der Waals surface area contributed by atoms with Crippen LogP contribution in [0.15, 0.2) is 0 Å². The number of carbonyl (C=O) groups excluding carboxylic acids is 1. The summed E-state index contributed by atoms with van der Waals surface area (Å²) in [7, 11) is 0. The first-order valence-corrected chi connectivity index (χ1v) is 5.67. The average molecular weight is 214 g/mol. The molecule has 3 N–H and O–H groups in total. The molecule has 0 aliphatic heterocycles. The van der Waals surface area contributed by atoms with Crippen LogP contribution in [0.25, 0.3) is 0 Å². The molecule has 4 heteroatoms. The van der Waals surface area contributed by atoms with Gasteiger partial charge in [-0.05, 0) is 33.1 Å². The Morgan fingerprint density at radius 2 is 2.27 bits per heavy atom. The topological polar surface area (TPSA) is 64.3 Å². The second-order valence-electron chi connectivity index (χ2n) is 4.64. The van der Waals surface area contributed by atoms with Crippen molar-refractivity contribution < 1.29 is 9.53 Å². The zero-order chi connectivity index (χ0) is 11.5. The summed E-state index contributed by atoms with van der Waals surface area (Å²) >= 11 is 0. The first-order valence-electron chi connectivity index (χ1n) is 5.67. The maximum atomic E-state index is 11.4. The van der Waals surface area contributed by atoms with Crippen LogP contribution in [0.3, 0.4) is 0 Å². The summed E-state index contributed by atoms with van der Waals surface area (Å²) < 4.78 is 5.58.